The molecule has 0 radical (unpaired) electrons. The molecule has 1 fully saturated rings. The average Bonchev–Trinajstić information content (AvgIpc) is 3.35. The van der Waals surface area contributed by atoms with E-state index < -0.39 is 0 Å². The third-order valence-electron chi connectivity index (χ3n) is 6.49. The highest BCUT2D eigenvalue weighted by Crippen LogP contribution is 2.30. The number of para-hydroxylation sites is 2. The van der Waals surface area contributed by atoms with E-state index in [4.69, 9.17) is 4.98 Å². The number of likely N-dealkylation sites (N-methyl/N-ethyl adjacent to an activating group) is 1. The topological polar surface area (TPSA) is 48.9 Å². The molecule has 5 nitrogen and oxygen atoms in total. The van der Waals surface area contributed by atoms with Gasteiger partial charge in [-0.2, -0.15) is 0 Å². The lowest BCUT2D eigenvalue weighted by Crippen LogP contribution is -2.34. The second-order valence-corrected chi connectivity index (χ2v) is 8.50. The van der Waals surface area contributed by atoms with Gasteiger partial charge < -0.3 is 14.9 Å². The first-order valence-electron chi connectivity index (χ1n) is 11.4. The summed E-state index contributed by atoms with van der Waals surface area (Å²) in [6.45, 7) is 7.00. The predicted octanol–water partition coefficient (Wildman–Crippen LogP) is 4.65. The number of likely N-dealkylation sites (tertiary alicyclic amines) is 1. The van der Waals surface area contributed by atoms with E-state index >= 15 is 0 Å². The SMILES string of the molecule is CCNCCc1nc2ccccc2n1C1CCN(Cc2c[nH]c3ccc(F)cc23)CC1. The summed E-state index contributed by atoms with van der Waals surface area (Å²) in [4.78, 5) is 10.7. The predicted molar refractivity (Wildman–Crippen MR) is 124 cm³/mol. The molecule has 0 unspecified atom stereocenters. The summed E-state index contributed by atoms with van der Waals surface area (Å²) in [5, 5.41) is 4.42. The number of imidazole rings is 1. The molecule has 5 rings (SSSR count). The van der Waals surface area contributed by atoms with Crippen molar-refractivity contribution in [3.8, 4) is 0 Å². The number of H-pyrrole nitrogens is 1. The van der Waals surface area contributed by atoms with Crippen molar-refractivity contribution >= 4 is 21.9 Å². The van der Waals surface area contributed by atoms with Gasteiger partial charge in [0, 0.05) is 55.7 Å². The van der Waals surface area contributed by atoms with E-state index in [1.165, 1.54) is 23.0 Å². The van der Waals surface area contributed by atoms with Crippen LogP contribution in [0.3, 0.4) is 0 Å². The molecule has 2 aromatic heterocycles. The van der Waals surface area contributed by atoms with Crippen LogP contribution in [0.2, 0.25) is 0 Å². The zero-order chi connectivity index (χ0) is 21.2. The van der Waals surface area contributed by atoms with Gasteiger partial charge in [-0.25, -0.2) is 9.37 Å². The maximum Gasteiger partial charge on any atom is 0.123 e. The van der Waals surface area contributed by atoms with E-state index in [9.17, 15) is 4.39 Å². The first-order chi connectivity index (χ1) is 15.2. The standard InChI is InChI=1S/C25H30FN5/c1-2-27-12-9-25-29-23-5-3-4-6-24(23)31(25)20-10-13-30(14-11-20)17-18-16-28-22-8-7-19(26)15-21(18)22/h3-8,15-16,20,27-28H,2,9-14,17H2,1H3. The number of nitrogens with one attached hydrogen (secondary N) is 2. The van der Waals surface area contributed by atoms with Crippen molar-refractivity contribution in [2.24, 2.45) is 0 Å². The lowest BCUT2D eigenvalue weighted by Gasteiger charge is -2.33. The molecular formula is C25H30FN5. The Kier molecular flexibility index (Phi) is 5.74. The Bertz CT molecular complexity index is 1170. The number of halogens is 1. The largest absolute Gasteiger partial charge is 0.361 e. The molecule has 4 aromatic rings. The minimum absolute atomic E-state index is 0.177. The number of piperidine rings is 1. The van der Waals surface area contributed by atoms with Crippen LogP contribution >= 0.6 is 0 Å². The Morgan fingerprint density at radius 2 is 2.00 bits per heavy atom. The van der Waals surface area contributed by atoms with Crippen LogP contribution < -0.4 is 5.32 Å². The normalized spacial score (nSPS) is 15.9. The van der Waals surface area contributed by atoms with Gasteiger partial charge in [-0.15, -0.1) is 0 Å². The smallest absolute Gasteiger partial charge is 0.123 e. The van der Waals surface area contributed by atoms with Crippen molar-refractivity contribution in [2.75, 3.05) is 26.2 Å². The average molecular weight is 420 g/mol. The molecule has 2 N–H and O–H groups in total. The van der Waals surface area contributed by atoms with Crippen LogP contribution in [0.25, 0.3) is 21.9 Å². The number of rotatable bonds is 7. The Labute approximate surface area is 182 Å². The van der Waals surface area contributed by atoms with Gasteiger partial charge in [-0.1, -0.05) is 19.1 Å². The summed E-state index contributed by atoms with van der Waals surface area (Å²) < 4.78 is 16.2. The van der Waals surface area contributed by atoms with Crippen molar-refractivity contribution in [1.29, 1.82) is 0 Å². The van der Waals surface area contributed by atoms with E-state index in [1.54, 1.807) is 6.07 Å². The highest BCUT2D eigenvalue weighted by molar-refractivity contribution is 5.83. The molecule has 2 aromatic carbocycles. The Morgan fingerprint density at radius 3 is 2.84 bits per heavy atom. The van der Waals surface area contributed by atoms with Crippen LogP contribution in [0, 0.1) is 5.82 Å². The van der Waals surface area contributed by atoms with Gasteiger partial charge in [0.25, 0.3) is 0 Å². The van der Waals surface area contributed by atoms with Crippen molar-refractivity contribution in [2.45, 2.75) is 38.8 Å². The molecular weight excluding hydrogens is 389 g/mol. The number of nitrogens with zero attached hydrogens (tertiary/aromatic N) is 3. The van der Waals surface area contributed by atoms with Gasteiger partial charge in [-0.3, -0.25) is 4.90 Å². The molecule has 31 heavy (non-hydrogen) atoms. The third kappa shape index (κ3) is 4.10. The maximum absolute atomic E-state index is 13.7. The summed E-state index contributed by atoms with van der Waals surface area (Å²) in [5.41, 5.74) is 4.52. The molecule has 162 valence electrons. The fourth-order valence-electron chi connectivity index (χ4n) is 4.91. The van der Waals surface area contributed by atoms with Crippen LogP contribution in [0.1, 0.15) is 37.2 Å². The van der Waals surface area contributed by atoms with E-state index in [-0.39, 0.29) is 5.82 Å². The van der Waals surface area contributed by atoms with Crippen LogP contribution in [-0.2, 0) is 13.0 Å². The molecule has 1 aliphatic heterocycles. The lowest BCUT2D eigenvalue weighted by molar-refractivity contribution is 0.180. The van der Waals surface area contributed by atoms with Crippen LogP contribution in [-0.4, -0.2) is 45.6 Å². The van der Waals surface area contributed by atoms with Crippen LogP contribution in [0.4, 0.5) is 4.39 Å². The van der Waals surface area contributed by atoms with Gasteiger partial charge in [-0.05, 0) is 55.3 Å². The second kappa shape index (κ2) is 8.81. The highest BCUT2D eigenvalue weighted by atomic mass is 19.1. The summed E-state index contributed by atoms with van der Waals surface area (Å²) >= 11 is 0. The van der Waals surface area contributed by atoms with Crippen molar-refractivity contribution in [1.82, 2.24) is 24.8 Å². The van der Waals surface area contributed by atoms with Gasteiger partial charge in [0.2, 0.25) is 0 Å². The molecule has 3 heterocycles. The van der Waals surface area contributed by atoms with Crippen molar-refractivity contribution in [3.63, 3.8) is 0 Å². The Hall–Kier alpha value is -2.70. The maximum atomic E-state index is 13.7. The number of benzene rings is 2. The van der Waals surface area contributed by atoms with Gasteiger partial charge in [0.15, 0.2) is 0 Å². The fraction of sp³-hybridized carbons (Fsp3) is 0.400. The zero-order valence-corrected chi connectivity index (χ0v) is 18.1. The lowest BCUT2D eigenvalue weighted by atomic mass is 10.0. The Balaban J connectivity index is 1.31. The van der Waals surface area contributed by atoms with Crippen molar-refractivity contribution in [3.05, 3.63) is 65.9 Å². The molecule has 0 bridgehead atoms. The summed E-state index contributed by atoms with van der Waals surface area (Å²) in [7, 11) is 0. The van der Waals surface area contributed by atoms with E-state index in [0.717, 1.165) is 68.4 Å². The Morgan fingerprint density at radius 1 is 1.16 bits per heavy atom. The summed E-state index contributed by atoms with van der Waals surface area (Å²) in [6.07, 6.45) is 5.18. The number of aromatic nitrogens is 3. The van der Waals surface area contributed by atoms with E-state index in [0.29, 0.717) is 6.04 Å². The first kappa shape index (κ1) is 20.2. The fourth-order valence-corrected chi connectivity index (χ4v) is 4.91. The number of fused-ring (bicyclic) bond motifs is 2. The zero-order valence-electron chi connectivity index (χ0n) is 18.1. The monoisotopic (exact) mass is 419 g/mol. The van der Waals surface area contributed by atoms with Gasteiger partial charge in [0.1, 0.15) is 11.6 Å². The molecule has 0 spiro atoms. The number of hydrogen-bond acceptors (Lipinski definition) is 3. The molecule has 1 aliphatic rings. The second-order valence-electron chi connectivity index (χ2n) is 8.50. The third-order valence-corrected chi connectivity index (χ3v) is 6.49. The minimum Gasteiger partial charge on any atom is -0.361 e. The molecule has 0 atom stereocenters. The molecule has 6 heteroatoms. The van der Waals surface area contributed by atoms with E-state index in [1.807, 2.05) is 12.3 Å². The quantitative estimate of drug-likeness (QED) is 0.429. The molecule has 1 saturated heterocycles. The van der Waals surface area contributed by atoms with Crippen LogP contribution in [0.5, 0.6) is 0 Å². The van der Waals surface area contributed by atoms with Gasteiger partial charge in [0.05, 0.1) is 11.0 Å². The van der Waals surface area contributed by atoms with Crippen molar-refractivity contribution < 1.29 is 4.39 Å². The molecule has 0 amide bonds. The molecule has 0 aliphatic carbocycles. The van der Waals surface area contributed by atoms with Crippen LogP contribution in [0.15, 0.2) is 48.7 Å². The summed E-state index contributed by atoms with van der Waals surface area (Å²) in [5.74, 6) is 1.01. The van der Waals surface area contributed by atoms with E-state index in [2.05, 4.69) is 51.0 Å². The van der Waals surface area contributed by atoms with Gasteiger partial charge >= 0.3 is 0 Å². The minimum atomic E-state index is -0.177. The number of aromatic amines is 1. The highest BCUT2D eigenvalue weighted by Gasteiger charge is 2.25. The summed E-state index contributed by atoms with van der Waals surface area (Å²) in [6, 6.07) is 13.9. The first-order valence-corrected chi connectivity index (χ1v) is 11.4. The number of hydrogen-bond donors (Lipinski definition) is 2. The molecule has 0 saturated carbocycles.